The fourth-order valence-corrected chi connectivity index (χ4v) is 1.47. The summed E-state index contributed by atoms with van der Waals surface area (Å²) >= 11 is 3.26. The van der Waals surface area contributed by atoms with Crippen LogP contribution in [0.1, 0.15) is 5.56 Å². The van der Waals surface area contributed by atoms with Crippen molar-refractivity contribution < 1.29 is 9.13 Å². The highest BCUT2D eigenvalue weighted by atomic mass is 79.9. The van der Waals surface area contributed by atoms with E-state index in [1.54, 1.807) is 25.3 Å². The van der Waals surface area contributed by atoms with E-state index in [1.165, 1.54) is 12.4 Å². The summed E-state index contributed by atoms with van der Waals surface area (Å²) in [4.78, 5) is 7.77. The highest BCUT2D eigenvalue weighted by molar-refractivity contribution is 9.10. The lowest BCUT2D eigenvalue weighted by Crippen LogP contribution is -1.91. The molecular weight excluding hydrogens is 275 g/mol. The topological polar surface area (TPSA) is 35.0 Å². The number of hydrogen-bond acceptors (Lipinski definition) is 3. The van der Waals surface area contributed by atoms with Crippen molar-refractivity contribution in [1.29, 1.82) is 0 Å². The molecule has 0 amide bonds. The molecule has 0 aliphatic carbocycles. The van der Waals surface area contributed by atoms with Gasteiger partial charge in [-0.3, -0.25) is 0 Å². The van der Waals surface area contributed by atoms with Crippen LogP contribution in [0.15, 0.2) is 35.2 Å². The summed E-state index contributed by atoms with van der Waals surface area (Å²) in [7, 11) is 0. The zero-order chi connectivity index (χ0) is 11.5. The Hall–Kier alpha value is -1.49. The second-order valence-corrected chi connectivity index (χ2v) is 4.04. The second-order valence-electron chi connectivity index (χ2n) is 3.19. The van der Waals surface area contributed by atoms with Crippen molar-refractivity contribution in [3.05, 3.63) is 46.6 Å². The van der Waals surface area contributed by atoms with Crippen molar-refractivity contribution in [3.8, 4) is 11.6 Å². The van der Waals surface area contributed by atoms with Crippen LogP contribution in [-0.2, 0) is 0 Å². The van der Waals surface area contributed by atoms with Gasteiger partial charge in [0.05, 0.1) is 4.47 Å². The van der Waals surface area contributed by atoms with Crippen LogP contribution in [0.4, 0.5) is 4.39 Å². The molecule has 0 atom stereocenters. The van der Waals surface area contributed by atoms with Crippen molar-refractivity contribution in [2.45, 2.75) is 6.92 Å². The summed E-state index contributed by atoms with van der Waals surface area (Å²) in [5.74, 6) is 0.688. The fourth-order valence-electron chi connectivity index (χ4n) is 1.17. The zero-order valence-electron chi connectivity index (χ0n) is 8.45. The maximum absolute atomic E-state index is 13.0. The fraction of sp³-hybridized carbons (Fsp3) is 0.0909. The van der Waals surface area contributed by atoms with Crippen molar-refractivity contribution in [2.75, 3.05) is 0 Å². The number of aryl methyl sites for hydroxylation is 1. The lowest BCUT2D eigenvalue weighted by molar-refractivity contribution is 0.455. The average molecular weight is 283 g/mol. The summed E-state index contributed by atoms with van der Waals surface area (Å²) < 4.78 is 19.2. The Labute approximate surface area is 100 Å². The molecule has 0 radical (unpaired) electrons. The maximum atomic E-state index is 13.0. The van der Waals surface area contributed by atoms with Gasteiger partial charge in [0, 0.05) is 6.20 Å². The summed E-state index contributed by atoms with van der Waals surface area (Å²) in [5, 5.41) is 0. The molecule has 0 saturated carbocycles. The Morgan fingerprint density at radius 3 is 2.88 bits per heavy atom. The lowest BCUT2D eigenvalue weighted by atomic mass is 10.2. The summed E-state index contributed by atoms with van der Waals surface area (Å²) in [6.45, 7) is 1.68. The first-order valence-corrected chi connectivity index (χ1v) is 5.35. The highest BCUT2D eigenvalue weighted by Gasteiger charge is 2.05. The van der Waals surface area contributed by atoms with E-state index in [-0.39, 0.29) is 5.82 Å². The number of aromatic nitrogens is 2. The number of hydrogen-bond donors (Lipinski definition) is 0. The minimum Gasteiger partial charge on any atom is -0.438 e. The van der Waals surface area contributed by atoms with Gasteiger partial charge in [-0.2, -0.15) is 0 Å². The van der Waals surface area contributed by atoms with Crippen LogP contribution in [0.2, 0.25) is 0 Å². The molecule has 0 N–H and O–H groups in total. The third-order valence-electron chi connectivity index (χ3n) is 1.98. The molecule has 1 aromatic heterocycles. The Kier molecular flexibility index (Phi) is 3.14. The normalized spacial score (nSPS) is 10.2. The molecule has 2 rings (SSSR count). The molecule has 0 aliphatic rings. The summed E-state index contributed by atoms with van der Waals surface area (Å²) in [5.41, 5.74) is 0.530. The molecule has 0 saturated heterocycles. The van der Waals surface area contributed by atoms with Gasteiger partial charge in [-0.1, -0.05) is 0 Å². The minimum atomic E-state index is -0.255. The molecule has 82 valence electrons. The molecule has 0 spiro atoms. The van der Waals surface area contributed by atoms with E-state index in [0.29, 0.717) is 21.7 Å². The lowest BCUT2D eigenvalue weighted by Gasteiger charge is -2.06. The molecule has 1 aromatic carbocycles. The van der Waals surface area contributed by atoms with Gasteiger partial charge in [-0.05, 0) is 46.6 Å². The van der Waals surface area contributed by atoms with Crippen molar-refractivity contribution in [1.82, 2.24) is 9.97 Å². The molecule has 16 heavy (non-hydrogen) atoms. The molecule has 3 nitrogen and oxygen atoms in total. The Morgan fingerprint density at radius 1 is 1.38 bits per heavy atom. The average Bonchev–Trinajstić information content (AvgIpc) is 2.27. The zero-order valence-corrected chi connectivity index (χ0v) is 10.0. The molecule has 0 fully saturated rings. The number of halogens is 2. The molecule has 0 bridgehead atoms. The van der Waals surface area contributed by atoms with E-state index in [2.05, 4.69) is 25.9 Å². The molecule has 0 aliphatic heterocycles. The molecule has 5 heteroatoms. The summed E-state index contributed by atoms with van der Waals surface area (Å²) in [6, 6.07) is 4.53. The van der Waals surface area contributed by atoms with Gasteiger partial charge >= 0.3 is 0 Å². The van der Waals surface area contributed by atoms with Gasteiger partial charge in [-0.25, -0.2) is 14.4 Å². The Morgan fingerprint density at radius 2 is 2.19 bits per heavy atom. The predicted octanol–water partition coefficient (Wildman–Crippen LogP) is 3.48. The molecule has 1 heterocycles. The van der Waals surface area contributed by atoms with E-state index in [4.69, 9.17) is 4.74 Å². The summed E-state index contributed by atoms with van der Waals surface area (Å²) in [6.07, 6.45) is 2.97. The van der Waals surface area contributed by atoms with E-state index in [0.717, 1.165) is 0 Å². The van der Waals surface area contributed by atoms with Gasteiger partial charge in [0.15, 0.2) is 0 Å². The number of nitrogens with zero attached hydrogens (tertiary/aromatic N) is 2. The Balaban J connectivity index is 2.28. The van der Waals surface area contributed by atoms with Crippen LogP contribution >= 0.6 is 15.9 Å². The van der Waals surface area contributed by atoms with Crippen molar-refractivity contribution >= 4 is 15.9 Å². The van der Waals surface area contributed by atoms with Gasteiger partial charge in [0.1, 0.15) is 17.9 Å². The van der Waals surface area contributed by atoms with E-state index in [1.807, 2.05) is 0 Å². The van der Waals surface area contributed by atoms with Crippen LogP contribution in [0, 0.1) is 12.7 Å². The van der Waals surface area contributed by atoms with E-state index in [9.17, 15) is 4.39 Å². The standard InChI is InChI=1S/C11H8BrFN2O/c1-7-4-8(2-3-10(7)13)16-11-9(12)5-14-6-15-11/h2-6H,1H3. The SMILES string of the molecule is Cc1cc(Oc2ncncc2Br)ccc1F. The first-order valence-electron chi connectivity index (χ1n) is 4.56. The van der Waals surface area contributed by atoms with Crippen LogP contribution < -0.4 is 4.74 Å². The maximum Gasteiger partial charge on any atom is 0.236 e. The van der Waals surface area contributed by atoms with E-state index < -0.39 is 0 Å². The van der Waals surface area contributed by atoms with Crippen LogP contribution in [0.3, 0.4) is 0 Å². The molecule has 0 unspecified atom stereocenters. The first kappa shape index (κ1) is 11.0. The molecule has 2 aromatic rings. The quantitative estimate of drug-likeness (QED) is 0.846. The highest BCUT2D eigenvalue weighted by Crippen LogP contribution is 2.27. The van der Waals surface area contributed by atoms with E-state index >= 15 is 0 Å². The predicted molar refractivity (Wildman–Crippen MR) is 60.9 cm³/mol. The smallest absolute Gasteiger partial charge is 0.236 e. The number of ether oxygens (including phenoxy) is 1. The van der Waals surface area contributed by atoms with Crippen molar-refractivity contribution in [3.63, 3.8) is 0 Å². The third kappa shape index (κ3) is 2.36. The van der Waals surface area contributed by atoms with Crippen LogP contribution in [0.25, 0.3) is 0 Å². The number of rotatable bonds is 2. The second kappa shape index (κ2) is 4.57. The van der Waals surface area contributed by atoms with Crippen LogP contribution in [0.5, 0.6) is 11.6 Å². The first-order chi connectivity index (χ1) is 7.66. The molecular formula is C11H8BrFN2O. The monoisotopic (exact) mass is 282 g/mol. The Bertz CT molecular complexity index is 519. The third-order valence-corrected chi connectivity index (χ3v) is 2.52. The largest absolute Gasteiger partial charge is 0.438 e. The van der Waals surface area contributed by atoms with Gasteiger partial charge in [-0.15, -0.1) is 0 Å². The van der Waals surface area contributed by atoms with Crippen molar-refractivity contribution in [2.24, 2.45) is 0 Å². The van der Waals surface area contributed by atoms with Crippen LogP contribution in [-0.4, -0.2) is 9.97 Å². The number of benzene rings is 1. The van der Waals surface area contributed by atoms with Gasteiger partial charge in [0.2, 0.25) is 5.88 Å². The van der Waals surface area contributed by atoms with Gasteiger partial charge in [0.25, 0.3) is 0 Å². The van der Waals surface area contributed by atoms with Gasteiger partial charge < -0.3 is 4.74 Å². The minimum absolute atomic E-state index is 0.255.